The molecule has 0 saturated carbocycles. The van der Waals surface area contributed by atoms with Gasteiger partial charge in [-0.05, 0) is 53.4 Å². The molecule has 4 aromatic rings. The van der Waals surface area contributed by atoms with Gasteiger partial charge in [-0.3, -0.25) is 9.89 Å². The van der Waals surface area contributed by atoms with Crippen molar-refractivity contribution >= 4 is 55.6 Å². The quantitative estimate of drug-likeness (QED) is 0.228. The molecule has 33 heavy (non-hydrogen) atoms. The van der Waals surface area contributed by atoms with Crippen LogP contribution < -0.4 is 16.0 Å². The van der Waals surface area contributed by atoms with Gasteiger partial charge in [0, 0.05) is 40.5 Å². The minimum absolute atomic E-state index is 0.0205. The summed E-state index contributed by atoms with van der Waals surface area (Å²) < 4.78 is 0. The zero-order valence-corrected chi connectivity index (χ0v) is 20.5. The van der Waals surface area contributed by atoms with Crippen LogP contribution in [-0.4, -0.2) is 33.0 Å². The molecule has 0 aliphatic carbocycles. The first-order valence-electron chi connectivity index (χ1n) is 10.8. The van der Waals surface area contributed by atoms with Gasteiger partial charge in [-0.2, -0.15) is 5.10 Å². The number of fused-ring (bicyclic) bond motifs is 1. The fourth-order valence-corrected chi connectivity index (χ4v) is 3.84. The molecule has 0 bridgehead atoms. The number of anilines is 4. The number of rotatable bonds is 7. The zero-order chi connectivity index (χ0) is 23.4. The van der Waals surface area contributed by atoms with Gasteiger partial charge in [0.15, 0.2) is 0 Å². The Kier molecular flexibility index (Phi) is 6.65. The molecule has 0 saturated heterocycles. The molecule has 0 radical (unpaired) electrons. The smallest absolute Gasteiger partial charge is 0.259 e. The molecule has 0 aliphatic rings. The van der Waals surface area contributed by atoms with Gasteiger partial charge in [0.2, 0.25) is 0 Å². The van der Waals surface area contributed by atoms with Crippen LogP contribution in [0.4, 0.5) is 22.9 Å². The Morgan fingerprint density at radius 3 is 2.70 bits per heavy atom. The Labute approximate surface area is 201 Å². The Hall–Kier alpha value is -3.39. The van der Waals surface area contributed by atoms with Crippen molar-refractivity contribution < 1.29 is 4.79 Å². The number of benzene rings is 2. The average molecular weight is 507 g/mol. The molecule has 0 unspecified atom stereocenters. The van der Waals surface area contributed by atoms with Crippen molar-refractivity contribution in [2.24, 2.45) is 0 Å². The lowest BCUT2D eigenvalue weighted by Gasteiger charge is -2.24. The third-order valence-electron chi connectivity index (χ3n) is 5.25. The molecule has 2 aromatic heterocycles. The zero-order valence-electron chi connectivity index (χ0n) is 18.9. The highest BCUT2D eigenvalue weighted by atomic mass is 79.9. The lowest BCUT2D eigenvalue weighted by molar-refractivity contribution is 0.102. The van der Waals surface area contributed by atoms with Crippen LogP contribution in [0.3, 0.4) is 0 Å². The van der Waals surface area contributed by atoms with E-state index in [1.54, 1.807) is 24.5 Å². The highest BCUT2D eigenvalue weighted by molar-refractivity contribution is 9.09. The number of hydrogen-bond acceptors (Lipinski definition) is 5. The lowest BCUT2D eigenvalue weighted by Crippen LogP contribution is -2.18. The van der Waals surface area contributed by atoms with E-state index in [4.69, 9.17) is 0 Å². The summed E-state index contributed by atoms with van der Waals surface area (Å²) in [5.74, 6) is 0.251. The van der Waals surface area contributed by atoms with Crippen LogP contribution in [0.1, 0.15) is 36.7 Å². The summed E-state index contributed by atoms with van der Waals surface area (Å²) >= 11 is 3.47. The van der Waals surface area contributed by atoms with Crippen LogP contribution in [0.5, 0.6) is 0 Å². The average Bonchev–Trinajstić information content (AvgIpc) is 3.25. The lowest BCUT2D eigenvalue weighted by atomic mass is 9.85. The van der Waals surface area contributed by atoms with Crippen molar-refractivity contribution in [1.29, 1.82) is 0 Å². The minimum atomic E-state index is -0.233. The molecule has 2 aromatic carbocycles. The number of amides is 1. The van der Waals surface area contributed by atoms with Gasteiger partial charge in [-0.1, -0.05) is 42.8 Å². The van der Waals surface area contributed by atoms with Gasteiger partial charge in [0.1, 0.15) is 5.82 Å². The SMILES string of the molecule is CC(C)(C)c1ccc(NC(=O)c2cccnc2Nc2ccc3cn[nH]c3c2)cc1NCCBr. The molecule has 0 spiro atoms. The summed E-state index contributed by atoms with van der Waals surface area (Å²) in [6.45, 7) is 7.31. The fourth-order valence-electron chi connectivity index (χ4n) is 3.64. The second-order valence-electron chi connectivity index (χ2n) is 8.78. The number of carbonyl (C=O) groups is 1. The van der Waals surface area contributed by atoms with Crippen LogP contribution in [0, 0.1) is 0 Å². The van der Waals surface area contributed by atoms with E-state index in [1.807, 2.05) is 30.3 Å². The van der Waals surface area contributed by atoms with Gasteiger partial charge >= 0.3 is 0 Å². The van der Waals surface area contributed by atoms with E-state index in [2.05, 4.69) is 73.9 Å². The number of alkyl halides is 1. The maximum atomic E-state index is 13.2. The molecule has 0 fully saturated rings. The summed E-state index contributed by atoms with van der Waals surface area (Å²) in [6, 6.07) is 15.3. The summed E-state index contributed by atoms with van der Waals surface area (Å²) in [6.07, 6.45) is 3.43. The summed E-state index contributed by atoms with van der Waals surface area (Å²) in [5.41, 5.74) is 5.08. The number of nitrogens with zero attached hydrogens (tertiary/aromatic N) is 2. The summed E-state index contributed by atoms with van der Waals surface area (Å²) in [7, 11) is 0. The first-order chi connectivity index (χ1) is 15.8. The number of aromatic nitrogens is 3. The van der Waals surface area contributed by atoms with Crippen LogP contribution in [0.15, 0.2) is 60.9 Å². The minimum Gasteiger partial charge on any atom is -0.384 e. The number of hydrogen-bond donors (Lipinski definition) is 4. The first-order valence-corrected chi connectivity index (χ1v) is 11.9. The van der Waals surface area contributed by atoms with Crippen LogP contribution in [0.25, 0.3) is 10.9 Å². The molecule has 8 heteroatoms. The number of halogens is 1. The second kappa shape index (κ2) is 9.62. The predicted octanol–water partition coefficient (Wildman–Crippen LogP) is 6.06. The van der Waals surface area contributed by atoms with E-state index in [-0.39, 0.29) is 11.3 Å². The number of pyridine rings is 1. The third-order valence-corrected chi connectivity index (χ3v) is 5.65. The second-order valence-corrected chi connectivity index (χ2v) is 9.57. The highest BCUT2D eigenvalue weighted by Gasteiger charge is 2.19. The van der Waals surface area contributed by atoms with Crippen molar-refractivity contribution in [2.75, 3.05) is 27.8 Å². The van der Waals surface area contributed by atoms with E-state index < -0.39 is 0 Å². The molecule has 4 N–H and O–H groups in total. The standard InChI is InChI=1S/C25H27BrN6O/c1-25(2,3)20-9-8-18(14-22(20)27-12-10-26)31-24(33)19-5-4-11-28-23(19)30-17-7-6-16-15-29-32-21(16)13-17/h4-9,11,13-15,27H,10,12H2,1-3H3,(H,28,30)(H,29,32)(H,31,33). The number of H-pyrrole nitrogens is 1. The molecule has 2 heterocycles. The van der Waals surface area contributed by atoms with Gasteiger partial charge in [-0.15, -0.1) is 0 Å². The van der Waals surface area contributed by atoms with Crippen LogP contribution in [-0.2, 0) is 5.41 Å². The number of carbonyl (C=O) groups excluding carboxylic acids is 1. The van der Waals surface area contributed by atoms with Crippen molar-refractivity contribution in [3.63, 3.8) is 0 Å². The van der Waals surface area contributed by atoms with Gasteiger partial charge in [0.25, 0.3) is 5.91 Å². The summed E-state index contributed by atoms with van der Waals surface area (Å²) in [5, 5.41) is 18.6. The fraction of sp³-hybridized carbons (Fsp3) is 0.240. The largest absolute Gasteiger partial charge is 0.384 e. The monoisotopic (exact) mass is 506 g/mol. The Morgan fingerprint density at radius 1 is 1.09 bits per heavy atom. The highest BCUT2D eigenvalue weighted by Crippen LogP contribution is 2.32. The summed E-state index contributed by atoms with van der Waals surface area (Å²) in [4.78, 5) is 17.6. The van der Waals surface area contributed by atoms with E-state index >= 15 is 0 Å². The van der Waals surface area contributed by atoms with Crippen molar-refractivity contribution in [3.8, 4) is 0 Å². The number of aromatic amines is 1. The molecule has 1 amide bonds. The maximum Gasteiger partial charge on any atom is 0.259 e. The van der Waals surface area contributed by atoms with Gasteiger partial charge in [-0.25, -0.2) is 4.98 Å². The van der Waals surface area contributed by atoms with E-state index in [1.165, 1.54) is 5.56 Å². The van der Waals surface area contributed by atoms with Crippen LogP contribution in [0.2, 0.25) is 0 Å². The Morgan fingerprint density at radius 2 is 1.91 bits per heavy atom. The molecular weight excluding hydrogens is 480 g/mol. The van der Waals surface area contributed by atoms with Crippen LogP contribution >= 0.6 is 15.9 Å². The predicted molar refractivity (Wildman–Crippen MR) is 139 cm³/mol. The molecule has 170 valence electrons. The van der Waals surface area contributed by atoms with Crippen molar-refractivity contribution in [3.05, 3.63) is 72.1 Å². The topological polar surface area (TPSA) is 94.7 Å². The molecular formula is C25H27BrN6O. The third kappa shape index (κ3) is 5.34. The molecule has 4 rings (SSSR count). The maximum absolute atomic E-state index is 13.2. The van der Waals surface area contributed by atoms with E-state index in [0.29, 0.717) is 11.4 Å². The normalized spacial score (nSPS) is 11.4. The van der Waals surface area contributed by atoms with Crippen molar-refractivity contribution in [2.45, 2.75) is 26.2 Å². The first kappa shape index (κ1) is 22.8. The molecule has 0 atom stereocenters. The Bertz CT molecular complexity index is 1280. The Balaban J connectivity index is 1.57. The van der Waals surface area contributed by atoms with E-state index in [9.17, 15) is 4.79 Å². The molecule has 7 nitrogen and oxygen atoms in total. The van der Waals surface area contributed by atoms with E-state index in [0.717, 1.165) is 39.8 Å². The molecule has 0 aliphatic heterocycles. The van der Waals surface area contributed by atoms with Gasteiger partial charge in [0.05, 0.1) is 17.3 Å². The van der Waals surface area contributed by atoms with Gasteiger partial charge < -0.3 is 16.0 Å². The van der Waals surface area contributed by atoms with Crippen molar-refractivity contribution in [1.82, 2.24) is 15.2 Å². The number of nitrogens with one attached hydrogen (secondary N) is 4.